The summed E-state index contributed by atoms with van der Waals surface area (Å²) in [5.74, 6) is 0.314. The molecule has 4 rings (SSSR count). The van der Waals surface area contributed by atoms with Crippen LogP contribution in [0, 0.1) is 7.14 Å². The van der Waals surface area contributed by atoms with Crippen molar-refractivity contribution < 1.29 is 14.3 Å². The number of methoxy groups -OCH3 is 1. The van der Waals surface area contributed by atoms with E-state index in [2.05, 4.69) is 50.2 Å². The largest absolute Gasteiger partial charge is 0.495 e. The number of thiazole rings is 1. The van der Waals surface area contributed by atoms with Crippen molar-refractivity contribution in [2.75, 3.05) is 13.7 Å². The summed E-state index contributed by atoms with van der Waals surface area (Å²) >= 11 is 11.8. The number of fused-ring (bicyclic) bond motifs is 1. The maximum Gasteiger partial charge on any atom is 0.338 e. The summed E-state index contributed by atoms with van der Waals surface area (Å²) < 4.78 is 14.7. The van der Waals surface area contributed by atoms with Crippen molar-refractivity contribution in [3.8, 4) is 5.75 Å². The average molecular weight is 721 g/mol. The molecule has 1 aromatic heterocycles. The van der Waals surface area contributed by atoms with Crippen LogP contribution in [0.15, 0.2) is 57.5 Å². The van der Waals surface area contributed by atoms with Gasteiger partial charge in [-0.05, 0) is 100 Å². The van der Waals surface area contributed by atoms with Gasteiger partial charge < -0.3 is 9.47 Å². The molecule has 10 heteroatoms. The summed E-state index contributed by atoms with van der Waals surface area (Å²) in [4.78, 5) is 31.7. The highest BCUT2D eigenvalue weighted by Crippen LogP contribution is 2.32. The normalized spacial score (nSPS) is 15.7. The maximum absolute atomic E-state index is 13.6. The molecule has 0 N–H and O–H groups in total. The highest BCUT2D eigenvalue weighted by molar-refractivity contribution is 14.1. The Bertz CT molecular complexity index is 1470. The van der Waals surface area contributed by atoms with E-state index in [1.54, 1.807) is 37.7 Å². The number of benzene rings is 2. The molecule has 0 aliphatic carbocycles. The first-order valence-corrected chi connectivity index (χ1v) is 13.6. The molecule has 1 aliphatic heterocycles. The average Bonchev–Trinajstić information content (AvgIpc) is 3.08. The van der Waals surface area contributed by atoms with Crippen LogP contribution in [-0.4, -0.2) is 24.3 Å². The van der Waals surface area contributed by atoms with Crippen LogP contribution < -0.4 is 19.6 Å². The minimum Gasteiger partial charge on any atom is -0.495 e. The zero-order chi connectivity index (χ0) is 24.6. The zero-order valence-electron chi connectivity index (χ0n) is 18.4. The standard InChI is InChI=1S/C24H19ClI2N2O4S/c1-4-33-23(31)19-12(2)28-24-29(20(19)14-5-7-15(25)8-6-14)22(30)18(34-24)11-13-9-16(26)21(32-3)17(27)10-13/h5-11,20H,4H2,1-3H3/b18-11+/t20-/m0/s1. The minimum atomic E-state index is -0.661. The molecule has 0 saturated heterocycles. The smallest absolute Gasteiger partial charge is 0.338 e. The SMILES string of the molecule is CCOC(=O)C1=C(C)N=c2s/c(=C/c3cc(I)c(OC)c(I)c3)c(=O)n2[C@H]1c1ccc(Cl)cc1. The Kier molecular flexibility index (Phi) is 7.85. The van der Waals surface area contributed by atoms with Crippen LogP contribution >= 0.6 is 68.1 Å². The van der Waals surface area contributed by atoms with Crippen molar-refractivity contribution in [2.45, 2.75) is 19.9 Å². The predicted molar refractivity (Wildman–Crippen MR) is 150 cm³/mol. The van der Waals surface area contributed by atoms with Gasteiger partial charge in [-0.2, -0.15) is 0 Å². The fourth-order valence-electron chi connectivity index (χ4n) is 3.76. The topological polar surface area (TPSA) is 69.9 Å². The Morgan fingerprint density at radius 1 is 1.24 bits per heavy atom. The van der Waals surface area contributed by atoms with E-state index in [1.165, 1.54) is 11.3 Å². The van der Waals surface area contributed by atoms with E-state index in [-0.39, 0.29) is 12.2 Å². The number of rotatable bonds is 5. The summed E-state index contributed by atoms with van der Waals surface area (Å²) in [7, 11) is 1.64. The summed E-state index contributed by atoms with van der Waals surface area (Å²) in [5, 5.41) is 0.568. The van der Waals surface area contributed by atoms with E-state index in [1.807, 2.05) is 30.3 Å². The highest BCUT2D eigenvalue weighted by Gasteiger charge is 2.33. The van der Waals surface area contributed by atoms with Crippen molar-refractivity contribution in [1.29, 1.82) is 0 Å². The third-order valence-electron chi connectivity index (χ3n) is 5.23. The lowest BCUT2D eigenvalue weighted by molar-refractivity contribution is -0.139. The number of hydrogen-bond donors (Lipinski definition) is 0. The van der Waals surface area contributed by atoms with Crippen LogP contribution in [0.2, 0.25) is 5.02 Å². The molecule has 0 bridgehead atoms. The molecule has 0 radical (unpaired) electrons. The zero-order valence-corrected chi connectivity index (χ0v) is 24.3. The van der Waals surface area contributed by atoms with E-state index in [0.29, 0.717) is 25.6 Å². The molecule has 0 amide bonds. The summed E-state index contributed by atoms with van der Waals surface area (Å²) in [5.41, 5.74) is 2.28. The molecule has 0 spiro atoms. The van der Waals surface area contributed by atoms with Crippen LogP contribution in [0.1, 0.15) is 31.0 Å². The molecule has 176 valence electrons. The molecule has 3 aromatic rings. The van der Waals surface area contributed by atoms with Crippen LogP contribution in [-0.2, 0) is 9.53 Å². The van der Waals surface area contributed by atoms with Gasteiger partial charge in [0.1, 0.15) is 5.75 Å². The third kappa shape index (κ3) is 4.84. The van der Waals surface area contributed by atoms with Crippen LogP contribution in [0.4, 0.5) is 0 Å². The summed E-state index contributed by atoms with van der Waals surface area (Å²) in [6.45, 7) is 3.74. The number of halogens is 3. The molecular formula is C24H19ClI2N2O4S. The number of carbonyl (C=O) groups excluding carboxylic acids is 1. The number of esters is 1. The van der Waals surface area contributed by atoms with Crippen molar-refractivity contribution in [1.82, 2.24) is 4.57 Å². The van der Waals surface area contributed by atoms with Gasteiger partial charge >= 0.3 is 5.97 Å². The maximum atomic E-state index is 13.6. The Morgan fingerprint density at radius 3 is 2.47 bits per heavy atom. The molecule has 1 atom stereocenters. The van der Waals surface area contributed by atoms with Gasteiger partial charge in [0.15, 0.2) is 4.80 Å². The number of allylic oxidation sites excluding steroid dienone is 1. The number of carbonyl (C=O) groups is 1. The molecule has 0 unspecified atom stereocenters. The van der Waals surface area contributed by atoms with E-state index < -0.39 is 12.0 Å². The van der Waals surface area contributed by atoms with Gasteiger partial charge in [0.2, 0.25) is 0 Å². The molecule has 0 fully saturated rings. The Hall–Kier alpha value is -1.70. The van der Waals surface area contributed by atoms with Crippen molar-refractivity contribution in [3.05, 3.63) is 90.6 Å². The Balaban J connectivity index is 1.94. The fourth-order valence-corrected chi connectivity index (χ4v) is 7.19. The molecule has 1 aliphatic rings. The van der Waals surface area contributed by atoms with Gasteiger partial charge in [0.05, 0.1) is 42.7 Å². The van der Waals surface area contributed by atoms with Crippen LogP contribution in [0.3, 0.4) is 0 Å². The first-order valence-electron chi connectivity index (χ1n) is 10.2. The number of nitrogens with zero attached hydrogens (tertiary/aromatic N) is 2. The van der Waals surface area contributed by atoms with Gasteiger partial charge in [-0.1, -0.05) is 35.1 Å². The quantitative estimate of drug-likeness (QED) is 0.284. The first kappa shape index (κ1) is 25.4. The van der Waals surface area contributed by atoms with Crippen LogP contribution in [0.5, 0.6) is 5.75 Å². The second-order valence-electron chi connectivity index (χ2n) is 7.37. The van der Waals surface area contributed by atoms with Gasteiger partial charge in [-0.25, -0.2) is 9.79 Å². The molecule has 2 aromatic carbocycles. The van der Waals surface area contributed by atoms with Crippen molar-refractivity contribution >= 4 is 80.2 Å². The van der Waals surface area contributed by atoms with Gasteiger partial charge in [-0.3, -0.25) is 9.36 Å². The van der Waals surface area contributed by atoms with Gasteiger partial charge in [-0.15, -0.1) is 0 Å². The van der Waals surface area contributed by atoms with Gasteiger partial charge in [0.25, 0.3) is 5.56 Å². The molecular weight excluding hydrogens is 702 g/mol. The molecule has 34 heavy (non-hydrogen) atoms. The van der Waals surface area contributed by atoms with Crippen molar-refractivity contribution in [3.63, 3.8) is 0 Å². The second kappa shape index (κ2) is 10.5. The number of ether oxygens (including phenoxy) is 2. The van der Waals surface area contributed by atoms with E-state index in [4.69, 9.17) is 21.1 Å². The Morgan fingerprint density at radius 2 is 1.88 bits per heavy atom. The van der Waals surface area contributed by atoms with Crippen molar-refractivity contribution in [2.24, 2.45) is 4.99 Å². The molecule has 0 saturated carbocycles. The van der Waals surface area contributed by atoms with E-state index in [0.717, 1.165) is 24.0 Å². The van der Waals surface area contributed by atoms with E-state index in [9.17, 15) is 9.59 Å². The predicted octanol–water partition coefficient (Wildman–Crippen LogP) is 4.67. The highest BCUT2D eigenvalue weighted by atomic mass is 127. The summed E-state index contributed by atoms with van der Waals surface area (Å²) in [6.07, 6.45) is 1.84. The minimum absolute atomic E-state index is 0.223. The second-order valence-corrected chi connectivity index (χ2v) is 11.1. The lowest BCUT2D eigenvalue weighted by Crippen LogP contribution is -2.39. The van der Waals surface area contributed by atoms with Crippen LogP contribution in [0.25, 0.3) is 6.08 Å². The summed E-state index contributed by atoms with van der Waals surface area (Å²) in [6, 6.07) is 10.4. The number of aromatic nitrogens is 1. The first-order chi connectivity index (χ1) is 16.2. The number of hydrogen-bond acceptors (Lipinski definition) is 6. The Labute approximate surface area is 232 Å². The lowest BCUT2D eigenvalue weighted by atomic mass is 9.96. The molecule has 2 heterocycles. The third-order valence-corrected chi connectivity index (χ3v) is 8.06. The molecule has 6 nitrogen and oxygen atoms in total. The lowest BCUT2D eigenvalue weighted by Gasteiger charge is -2.24. The monoisotopic (exact) mass is 720 g/mol. The fraction of sp³-hybridized carbons (Fsp3) is 0.208. The van der Waals surface area contributed by atoms with E-state index >= 15 is 0 Å². The van der Waals surface area contributed by atoms with Gasteiger partial charge in [0, 0.05) is 5.02 Å².